The number of nitrogens with zero attached hydrogens (tertiary/aromatic N) is 1. The lowest BCUT2D eigenvalue weighted by atomic mass is 9.98. The molecular formula is C15H18F6N2O. The van der Waals surface area contributed by atoms with Crippen LogP contribution in [0, 0.1) is 0 Å². The Hall–Kier alpha value is -1.48. The van der Waals surface area contributed by atoms with E-state index in [4.69, 9.17) is 0 Å². The summed E-state index contributed by atoms with van der Waals surface area (Å²) in [6.07, 6.45) is -10.6. The third-order valence-electron chi connectivity index (χ3n) is 3.80. The molecule has 9 heteroatoms. The molecule has 1 fully saturated rings. The quantitative estimate of drug-likeness (QED) is 0.811. The molecule has 2 rings (SSSR count). The van der Waals surface area contributed by atoms with Gasteiger partial charge in [-0.3, -0.25) is 4.90 Å². The van der Waals surface area contributed by atoms with Gasteiger partial charge in [0.25, 0.3) is 0 Å². The highest BCUT2D eigenvalue weighted by Crippen LogP contribution is 2.37. The van der Waals surface area contributed by atoms with E-state index in [1.165, 1.54) is 18.2 Å². The van der Waals surface area contributed by atoms with Crippen LogP contribution in [-0.4, -0.2) is 43.6 Å². The van der Waals surface area contributed by atoms with Gasteiger partial charge in [-0.2, -0.15) is 13.2 Å². The van der Waals surface area contributed by atoms with Crippen LogP contribution in [0.15, 0.2) is 24.3 Å². The summed E-state index contributed by atoms with van der Waals surface area (Å²) in [7, 11) is 0. The van der Waals surface area contributed by atoms with Gasteiger partial charge in [-0.25, -0.2) is 0 Å². The molecule has 1 heterocycles. The highest BCUT2D eigenvalue weighted by Gasteiger charge is 2.35. The van der Waals surface area contributed by atoms with Crippen LogP contribution < -0.4 is 10.1 Å². The second-order valence-corrected chi connectivity index (χ2v) is 5.54. The maximum Gasteiger partial charge on any atom is 0.573 e. The SMILES string of the molecule is FC(F)(F)CC[C@@H](c1ccccc1OC(F)(F)F)N1CCNCC1. The maximum atomic E-state index is 12.6. The standard InChI is InChI=1S/C15H18F6N2O/c16-14(17,18)6-5-12(23-9-7-22-8-10-23)11-3-1-2-4-13(11)24-15(19,20)21/h1-4,12,22H,5-10H2/t12-/m0/s1. The molecule has 136 valence electrons. The Morgan fingerprint density at radius 1 is 1.04 bits per heavy atom. The van der Waals surface area contributed by atoms with Crippen molar-refractivity contribution < 1.29 is 31.1 Å². The molecule has 3 nitrogen and oxygen atoms in total. The molecular weight excluding hydrogens is 338 g/mol. The van der Waals surface area contributed by atoms with Gasteiger partial charge in [0.2, 0.25) is 0 Å². The van der Waals surface area contributed by atoms with Crippen molar-refractivity contribution in [3.63, 3.8) is 0 Å². The molecule has 0 radical (unpaired) electrons. The predicted molar refractivity (Wildman–Crippen MR) is 75.6 cm³/mol. The van der Waals surface area contributed by atoms with Crippen molar-refractivity contribution in [3.05, 3.63) is 29.8 Å². The fraction of sp³-hybridized carbons (Fsp3) is 0.600. The topological polar surface area (TPSA) is 24.5 Å². The van der Waals surface area contributed by atoms with Gasteiger partial charge in [0.1, 0.15) is 5.75 Å². The average Bonchev–Trinajstić information content (AvgIpc) is 2.47. The van der Waals surface area contributed by atoms with E-state index in [9.17, 15) is 26.3 Å². The van der Waals surface area contributed by atoms with E-state index in [-0.39, 0.29) is 12.0 Å². The Morgan fingerprint density at radius 2 is 1.67 bits per heavy atom. The molecule has 0 spiro atoms. The van der Waals surface area contributed by atoms with E-state index in [0.29, 0.717) is 26.2 Å². The molecule has 0 unspecified atom stereocenters. The van der Waals surface area contributed by atoms with E-state index < -0.39 is 30.8 Å². The Kier molecular flexibility index (Phi) is 5.97. The molecule has 0 aliphatic carbocycles. The van der Waals surface area contributed by atoms with Gasteiger partial charge >= 0.3 is 12.5 Å². The number of alkyl halides is 6. The second kappa shape index (κ2) is 7.60. The minimum absolute atomic E-state index is 0.126. The Morgan fingerprint density at radius 3 is 2.25 bits per heavy atom. The number of halogens is 6. The number of rotatable bonds is 5. The average molecular weight is 356 g/mol. The number of ether oxygens (including phenoxy) is 1. The summed E-state index contributed by atoms with van der Waals surface area (Å²) in [6.45, 7) is 2.07. The summed E-state index contributed by atoms with van der Waals surface area (Å²) in [6, 6.07) is 4.60. The summed E-state index contributed by atoms with van der Waals surface area (Å²) in [5.41, 5.74) is 0.126. The molecule has 1 N–H and O–H groups in total. The molecule has 0 saturated carbocycles. The third kappa shape index (κ3) is 5.86. The Balaban J connectivity index is 2.28. The monoisotopic (exact) mass is 356 g/mol. The molecule has 1 aromatic rings. The smallest absolute Gasteiger partial charge is 0.405 e. The summed E-state index contributed by atoms with van der Waals surface area (Å²) < 4.78 is 79.6. The molecule has 1 atom stereocenters. The number of hydrogen-bond donors (Lipinski definition) is 1. The van der Waals surface area contributed by atoms with E-state index in [0.717, 1.165) is 6.07 Å². The Bertz CT molecular complexity index is 525. The molecule has 1 aliphatic heterocycles. The zero-order valence-electron chi connectivity index (χ0n) is 12.8. The molecule has 0 amide bonds. The van der Waals surface area contributed by atoms with Crippen molar-refractivity contribution in [1.82, 2.24) is 10.2 Å². The fourth-order valence-electron chi connectivity index (χ4n) is 2.80. The largest absolute Gasteiger partial charge is 0.573 e. The third-order valence-corrected chi connectivity index (χ3v) is 3.80. The number of para-hydroxylation sites is 1. The van der Waals surface area contributed by atoms with Crippen molar-refractivity contribution in [2.24, 2.45) is 0 Å². The molecule has 24 heavy (non-hydrogen) atoms. The van der Waals surface area contributed by atoms with Crippen LogP contribution >= 0.6 is 0 Å². The lowest BCUT2D eigenvalue weighted by Crippen LogP contribution is -2.45. The van der Waals surface area contributed by atoms with Crippen molar-refractivity contribution in [3.8, 4) is 5.75 Å². The van der Waals surface area contributed by atoms with E-state index >= 15 is 0 Å². The first kappa shape index (κ1) is 18.9. The minimum atomic E-state index is -4.89. The molecule has 1 aliphatic rings. The first-order chi connectivity index (χ1) is 11.2. The van der Waals surface area contributed by atoms with Gasteiger partial charge < -0.3 is 10.1 Å². The van der Waals surface area contributed by atoms with Crippen LogP contribution in [0.4, 0.5) is 26.3 Å². The zero-order valence-corrected chi connectivity index (χ0v) is 12.8. The minimum Gasteiger partial charge on any atom is -0.405 e. The first-order valence-corrected chi connectivity index (χ1v) is 7.52. The van der Waals surface area contributed by atoms with Crippen LogP contribution in [0.5, 0.6) is 5.75 Å². The second-order valence-electron chi connectivity index (χ2n) is 5.54. The van der Waals surface area contributed by atoms with Gasteiger partial charge in [-0.1, -0.05) is 18.2 Å². The Labute approximate surface area is 135 Å². The van der Waals surface area contributed by atoms with E-state index in [1.807, 2.05) is 0 Å². The highest BCUT2D eigenvalue weighted by molar-refractivity contribution is 5.36. The van der Waals surface area contributed by atoms with Gasteiger partial charge in [-0.05, 0) is 12.5 Å². The maximum absolute atomic E-state index is 12.6. The zero-order chi connectivity index (χ0) is 17.8. The van der Waals surface area contributed by atoms with Crippen LogP contribution in [0.25, 0.3) is 0 Å². The van der Waals surface area contributed by atoms with Crippen LogP contribution in [0.1, 0.15) is 24.4 Å². The van der Waals surface area contributed by atoms with Crippen LogP contribution in [-0.2, 0) is 0 Å². The van der Waals surface area contributed by atoms with Crippen LogP contribution in [0.2, 0.25) is 0 Å². The van der Waals surface area contributed by atoms with Crippen molar-refractivity contribution in [2.75, 3.05) is 26.2 Å². The lowest BCUT2D eigenvalue weighted by Gasteiger charge is -2.36. The number of piperazine rings is 1. The summed E-state index contributed by atoms with van der Waals surface area (Å²) in [4.78, 5) is 1.76. The molecule has 1 saturated heterocycles. The summed E-state index contributed by atoms with van der Waals surface area (Å²) in [5, 5.41) is 3.07. The summed E-state index contributed by atoms with van der Waals surface area (Å²) >= 11 is 0. The molecule has 1 aromatic carbocycles. The highest BCUT2D eigenvalue weighted by atomic mass is 19.4. The molecule has 0 bridgehead atoms. The van der Waals surface area contributed by atoms with E-state index in [1.54, 1.807) is 4.90 Å². The van der Waals surface area contributed by atoms with Crippen molar-refractivity contribution in [2.45, 2.75) is 31.4 Å². The lowest BCUT2D eigenvalue weighted by molar-refractivity contribution is -0.275. The number of nitrogens with one attached hydrogen (secondary N) is 1. The van der Waals surface area contributed by atoms with E-state index in [2.05, 4.69) is 10.1 Å². The van der Waals surface area contributed by atoms with Gasteiger partial charge in [0.05, 0.1) is 0 Å². The van der Waals surface area contributed by atoms with Crippen LogP contribution in [0.3, 0.4) is 0 Å². The van der Waals surface area contributed by atoms with Gasteiger partial charge in [0, 0.05) is 44.2 Å². The van der Waals surface area contributed by atoms with Crippen molar-refractivity contribution >= 4 is 0 Å². The van der Waals surface area contributed by atoms with Gasteiger partial charge in [-0.15, -0.1) is 13.2 Å². The predicted octanol–water partition coefficient (Wildman–Crippen LogP) is 3.87. The normalized spacial score (nSPS) is 18.4. The van der Waals surface area contributed by atoms with Gasteiger partial charge in [0.15, 0.2) is 0 Å². The number of benzene rings is 1. The molecule has 0 aromatic heterocycles. The fourth-order valence-corrected chi connectivity index (χ4v) is 2.80. The van der Waals surface area contributed by atoms with Crippen molar-refractivity contribution in [1.29, 1.82) is 0 Å². The number of hydrogen-bond acceptors (Lipinski definition) is 3. The first-order valence-electron chi connectivity index (χ1n) is 7.52. The summed E-state index contributed by atoms with van der Waals surface area (Å²) in [5.74, 6) is -0.448.